The van der Waals surface area contributed by atoms with Crippen molar-refractivity contribution >= 4 is 0 Å². The molecular formula is C18H29N. The van der Waals surface area contributed by atoms with Crippen LogP contribution in [0, 0.1) is 12.8 Å². The molecule has 1 aromatic carbocycles. The zero-order valence-electron chi connectivity index (χ0n) is 12.6. The van der Waals surface area contributed by atoms with Gasteiger partial charge in [-0.2, -0.15) is 0 Å². The third kappa shape index (κ3) is 4.99. The SMILES string of the molecule is CNC(CCc1cccc(C)c1)CC1CCCCC1. The molecule has 1 aliphatic carbocycles. The Labute approximate surface area is 118 Å². The lowest BCUT2D eigenvalue weighted by atomic mass is 9.83. The predicted molar refractivity (Wildman–Crippen MR) is 83.5 cm³/mol. The largest absolute Gasteiger partial charge is 0.317 e. The molecule has 0 spiro atoms. The molecule has 1 atom stereocenters. The summed E-state index contributed by atoms with van der Waals surface area (Å²) in [6.07, 6.45) is 11.2. The van der Waals surface area contributed by atoms with E-state index < -0.39 is 0 Å². The summed E-state index contributed by atoms with van der Waals surface area (Å²) in [5, 5.41) is 3.53. The van der Waals surface area contributed by atoms with Crippen molar-refractivity contribution in [2.75, 3.05) is 7.05 Å². The third-order valence-corrected chi connectivity index (χ3v) is 4.61. The minimum atomic E-state index is 0.698. The molecule has 0 radical (unpaired) electrons. The molecule has 106 valence electrons. The molecule has 1 nitrogen and oxygen atoms in total. The number of rotatable bonds is 6. The summed E-state index contributed by atoms with van der Waals surface area (Å²) >= 11 is 0. The second kappa shape index (κ2) is 7.69. The number of hydrogen-bond donors (Lipinski definition) is 1. The van der Waals surface area contributed by atoms with Gasteiger partial charge in [0, 0.05) is 6.04 Å². The average Bonchev–Trinajstić information content (AvgIpc) is 2.44. The highest BCUT2D eigenvalue weighted by Crippen LogP contribution is 2.28. The summed E-state index contributed by atoms with van der Waals surface area (Å²) in [5.74, 6) is 0.976. The van der Waals surface area contributed by atoms with Crippen molar-refractivity contribution in [3.63, 3.8) is 0 Å². The summed E-state index contributed by atoms with van der Waals surface area (Å²) in [4.78, 5) is 0. The number of hydrogen-bond acceptors (Lipinski definition) is 1. The molecule has 2 rings (SSSR count). The highest BCUT2D eigenvalue weighted by molar-refractivity contribution is 5.22. The van der Waals surface area contributed by atoms with E-state index >= 15 is 0 Å². The minimum absolute atomic E-state index is 0.698. The Morgan fingerprint density at radius 2 is 2.00 bits per heavy atom. The molecule has 1 fully saturated rings. The number of nitrogens with one attached hydrogen (secondary N) is 1. The van der Waals surface area contributed by atoms with Crippen molar-refractivity contribution in [2.24, 2.45) is 5.92 Å². The molecule has 1 N–H and O–H groups in total. The van der Waals surface area contributed by atoms with Crippen LogP contribution in [-0.4, -0.2) is 13.1 Å². The van der Waals surface area contributed by atoms with Gasteiger partial charge in [0.25, 0.3) is 0 Å². The van der Waals surface area contributed by atoms with E-state index in [2.05, 4.69) is 43.6 Å². The normalized spacial score (nSPS) is 18.4. The van der Waals surface area contributed by atoms with Crippen LogP contribution in [0.1, 0.15) is 56.1 Å². The van der Waals surface area contributed by atoms with Gasteiger partial charge in [-0.15, -0.1) is 0 Å². The lowest BCUT2D eigenvalue weighted by molar-refractivity contribution is 0.297. The summed E-state index contributed by atoms with van der Waals surface area (Å²) in [5.41, 5.74) is 2.87. The summed E-state index contributed by atoms with van der Waals surface area (Å²) in [6.45, 7) is 2.18. The predicted octanol–water partition coefficient (Wildman–Crippen LogP) is 4.49. The molecule has 1 unspecified atom stereocenters. The first-order valence-corrected chi connectivity index (χ1v) is 8.00. The van der Waals surface area contributed by atoms with Crippen LogP contribution < -0.4 is 5.32 Å². The quantitative estimate of drug-likeness (QED) is 0.794. The van der Waals surface area contributed by atoms with Gasteiger partial charge >= 0.3 is 0 Å². The lowest BCUT2D eigenvalue weighted by Gasteiger charge is -2.26. The van der Waals surface area contributed by atoms with Crippen LogP contribution in [0.4, 0.5) is 0 Å². The van der Waals surface area contributed by atoms with E-state index in [4.69, 9.17) is 0 Å². The molecule has 19 heavy (non-hydrogen) atoms. The molecule has 0 bridgehead atoms. The fraction of sp³-hybridized carbons (Fsp3) is 0.667. The zero-order chi connectivity index (χ0) is 13.5. The number of aryl methyl sites for hydroxylation is 2. The first-order valence-electron chi connectivity index (χ1n) is 8.00. The maximum atomic E-state index is 3.53. The van der Waals surface area contributed by atoms with E-state index in [9.17, 15) is 0 Å². The van der Waals surface area contributed by atoms with Gasteiger partial charge < -0.3 is 5.32 Å². The van der Waals surface area contributed by atoms with E-state index in [1.54, 1.807) is 0 Å². The van der Waals surface area contributed by atoms with Crippen LogP contribution >= 0.6 is 0 Å². The highest BCUT2D eigenvalue weighted by atomic mass is 14.9. The van der Waals surface area contributed by atoms with Crippen LogP contribution in [0.2, 0.25) is 0 Å². The van der Waals surface area contributed by atoms with Crippen molar-refractivity contribution in [1.29, 1.82) is 0 Å². The van der Waals surface area contributed by atoms with Crippen LogP contribution in [0.5, 0.6) is 0 Å². The molecule has 0 aliphatic heterocycles. The molecule has 0 saturated heterocycles. The fourth-order valence-electron chi connectivity index (χ4n) is 3.41. The monoisotopic (exact) mass is 259 g/mol. The van der Waals surface area contributed by atoms with E-state index in [1.807, 2.05) is 0 Å². The Balaban J connectivity index is 1.78. The van der Waals surface area contributed by atoms with Gasteiger partial charge in [-0.1, -0.05) is 61.9 Å². The first kappa shape index (κ1) is 14.6. The Kier molecular flexibility index (Phi) is 5.91. The molecule has 0 aromatic heterocycles. The van der Waals surface area contributed by atoms with Gasteiger partial charge in [-0.05, 0) is 44.7 Å². The van der Waals surface area contributed by atoms with Crippen LogP contribution in [0.15, 0.2) is 24.3 Å². The van der Waals surface area contributed by atoms with Crippen molar-refractivity contribution in [1.82, 2.24) is 5.32 Å². The Morgan fingerprint density at radius 3 is 2.68 bits per heavy atom. The van der Waals surface area contributed by atoms with E-state index in [-0.39, 0.29) is 0 Å². The highest BCUT2D eigenvalue weighted by Gasteiger charge is 2.17. The summed E-state index contributed by atoms with van der Waals surface area (Å²) < 4.78 is 0. The second-order valence-corrected chi connectivity index (χ2v) is 6.25. The van der Waals surface area contributed by atoms with E-state index in [0.717, 1.165) is 5.92 Å². The Bertz CT molecular complexity index is 366. The Morgan fingerprint density at radius 1 is 1.21 bits per heavy atom. The zero-order valence-corrected chi connectivity index (χ0v) is 12.6. The van der Waals surface area contributed by atoms with Crippen molar-refractivity contribution in [2.45, 2.75) is 64.3 Å². The summed E-state index contributed by atoms with van der Waals surface area (Å²) in [7, 11) is 2.13. The Hall–Kier alpha value is -0.820. The van der Waals surface area contributed by atoms with Gasteiger partial charge in [-0.25, -0.2) is 0 Å². The first-order chi connectivity index (χ1) is 9.28. The smallest absolute Gasteiger partial charge is 0.00698 e. The van der Waals surface area contributed by atoms with Gasteiger partial charge in [0.2, 0.25) is 0 Å². The van der Waals surface area contributed by atoms with E-state index in [1.165, 1.54) is 62.5 Å². The maximum Gasteiger partial charge on any atom is 0.00698 e. The molecule has 1 heteroatoms. The second-order valence-electron chi connectivity index (χ2n) is 6.25. The molecule has 1 saturated carbocycles. The van der Waals surface area contributed by atoms with Gasteiger partial charge in [0.05, 0.1) is 0 Å². The van der Waals surface area contributed by atoms with Gasteiger partial charge in [-0.3, -0.25) is 0 Å². The fourth-order valence-corrected chi connectivity index (χ4v) is 3.41. The number of benzene rings is 1. The maximum absolute atomic E-state index is 3.53. The lowest BCUT2D eigenvalue weighted by Crippen LogP contribution is -2.29. The molecule has 1 aromatic rings. The van der Waals surface area contributed by atoms with Crippen molar-refractivity contribution < 1.29 is 0 Å². The molecule has 1 aliphatic rings. The van der Waals surface area contributed by atoms with E-state index in [0.29, 0.717) is 6.04 Å². The van der Waals surface area contributed by atoms with Crippen molar-refractivity contribution in [3.05, 3.63) is 35.4 Å². The minimum Gasteiger partial charge on any atom is -0.317 e. The van der Waals surface area contributed by atoms with Crippen LogP contribution in [0.25, 0.3) is 0 Å². The molecule has 0 amide bonds. The molecule has 0 heterocycles. The summed E-state index contributed by atoms with van der Waals surface area (Å²) in [6, 6.07) is 9.65. The van der Waals surface area contributed by atoms with Crippen molar-refractivity contribution in [3.8, 4) is 0 Å². The van der Waals surface area contributed by atoms with Crippen LogP contribution in [-0.2, 0) is 6.42 Å². The van der Waals surface area contributed by atoms with Gasteiger partial charge in [0.15, 0.2) is 0 Å². The topological polar surface area (TPSA) is 12.0 Å². The standard InChI is InChI=1S/C18H29N/c1-15-7-6-10-17(13-15)11-12-18(19-2)14-16-8-4-3-5-9-16/h6-7,10,13,16,18-19H,3-5,8-9,11-12,14H2,1-2H3. The molecular weight excluding hydrogens is 230 g/mol. The third-order valence-electron chi connectivity index (χ3n) is 4.61. The van der Waals surface area contributed by atoms with Gasteiger partial charge in [0.1, 0.15) is 0 Å². The average molecular weight is 259 g/mol. The van der Waals surface area contributed by atoms with Crippen LogP contribution in [0.3, 0.4) is 0 Å².